The maximum atomic E-state index is 12.8. The highest BCUT2D eigenvalue weighted by Crippen LogP contribution is 2.27. The van der Waals surface area contributed by atoms with E-state index in [9.17, 15) is 9.59 Å². The zero-order valence-corrected chi connectivity index (χ0v) is 19.1. The molecule has 5 heteroatoms. The highest BCUT2D eigenvalue weighted by atomic mass is 16.2. The molecule has 0 aromatic heterocycles. The first kappa shape index (κ1) is 23.4. The summed E-state index contributed by atoms with van der Waals surface area (Å²) in [6, 6.07) is 6.47. The Morgan fingerprint density at radius 1 is 1.03 bits per heavy atom. The van der Waals surface area contributed by atoms with Gasteiger partial charge in [-0.15, -0.1) is 0 Å². The minimum absolute atomic E-state index is 0.00275. The number of benzene rings is 1. The first-order valence-corrected chi connectivity index (χ1v) is 11.0. The third-order valence-electron chi connectivity index (χ3n) is 5.29. The van der Waals surface area contributed by atoms with Gasteiger partial charge >= 0.3 is 0 Å². The highest BCUT2D eigenvalue weighted by Gasteiger charge is 2.31. The molecule has 2 rings (SSSR count). The number of hydrogen-bond donors (Lipinski definition) is 1. The lowest BCUT2D eigenvalue weighted by atomic mass is 10.1. The fourth-order valence-corrected chi connectivity index (χ4v) is 3.76. The Labute approximate surface area is 176 Å². The Morgan fingerprint density at radius 3 is 2.07 bits per heavy atom. The number of nitrogens with zero attached hydrogens (tertiary/aromatic N) is 2. The average molecular weight is 402 g/mol. The SMILES string of the molecule is Cc1cccc(C)c1NC(=O)CN(CCC(=O)N(CC(C)C)CC(C)C)C1CC1. The Bertz CT molecular complexity index is 665. The third-order valence-corrected chi connectivity index (χ3v) is 5.29. The second kappa shape index (κ2) is 10.8. The molecule has 0 bridgehead atoms. The van der Waals surface area contributed by atoms with E-state index in [4.69, 9.17) is 0 Å². The van der Waals surface area contributed by atoms with E-state index in [1.807, 2.05) is 36.9 Å². The first-order valence-electron chi connectivity index (χ1n) is 11.0. The molecule has 0 saturated heterocycles. The molecule has 0 heterocycles. The highest BCUT2D eigenvalue weighted by molar-refractivity contribution is 5.93. The van der Waals surface area contributed by atoms with Gasteiger partial charge in [-0.1, -0.05) is 45.9 Å². The lowest BCUT2D eigenvalue weighted by Crippen LogP contribution is -2.41. The van der Waals surface area contributed by atoms with Gasteiger partial charge < -0.3 is 10.2 Å². The van der Waals surface area contributed by atoms with Crippen LogP contribution in [0.2, 0.25) is 0 Å². The summed E-state index contributed by atoms with van der Waals surface area (Å²) >= 11 is 0. The topological polar surface area (TPSA) is 52.7 Å². The molecule has 2 amide bonds. The predicted molar refractivity (Wildman–Crippen MR) is 120 cm³/mol. The van der Waals surface area contributed by atoms with Crippen LogP contribution in [0.4, 0.5) is 5.69 Å². The lowest BCUT2D eigenvalue weighted by molar-refractivity contribution is -0.133. The van der Waals surface area contributed by atoms with Crippen molar-refractivity contribution in [2.75, 3.05) is 31.5 Å². The van der Waals surface area contributed by atoms with Crippen molar-refractivity contribution in [3.63, 3.8) is 0 Å². The molecule has 0 spiro atoms. The Balaban J connectivity index is 1.92. The summed E-state index contributed by atoms with van der Waals surface area (Å²) in [6.45, 7) is 15.2. The normalized spacial score (nSPS) is 14.0. The average Bonchev–Trinajstić information content (AvgIpc) is 3.45. The van der Waals surface area contributed by atoms with Gasteiger partial charge in [0.15, 0.2) is 0 Å². The van der Waals surface area contributed by atoms with Gasteiger partial charge in [-0.05, 0) is 49.7 Å². The molecule has 1 N–H and O–H groups in total. The third kappa shape index (κ3) is 7.81. The number of anilines is 1. The number of carbonyl (C=O) groups excluding carboxylic acids is 2. The Hall–Kier alpha value is -1.88. The predicted octanol–water partition coefficient (Wildman–Crippen LogP) is 4.24. The van der Waals surface area contributed by atoms with Crippen LogP contribution in [0, 0.1) is 25.7 Å². The van der Waals surface area contributed by atoms with Crippen molar-refractivity contribution >= 4 is 17.5 Å². The van der Waals surface area contributed by atoms with E-state index in [1.54, 1.807) is 0 Å². The van der Waals surface area contributed by atoms with Crippen LogP contribution in [0.1, 0.15) is 58.1 Å². The lowest BCUT2D eigenvalue weighted by Gasteiger charge is -2.28. The molecule has 0 unspecified atom stereocenters. The van der Waals surface area contributed by atoms with E-state index < -0.39 is 0 Å². The summed E-state index contributed by atoms with van der Waals surface area (Å²) in [7, 11) is 0. The summed E-state index contributed by atoms with van der Waals surface area (Å²) < 4.78 is 0. The number of aryl methyl sites for hydroxylation is 2. The molecule has 29 heavy (non-hydrogen) atoms. The maximum Gasteiger partial charge on any atom is 0.238 e. The molecule has 1 fully saturated rings. The second-order valence-corrected chi connectivity index (χ2v) is 9.35. The summed E-state index contributed by atoms with van der Waals surface area (Å²) in [5.74, 6) is 1.12. The summed E-state index contributed by atoms with van der Waals surface area (Å²) in [5.41, 5.74) is 3.05. The number of hydrogen-bond acceptors (Lipinski definition) is 3. The standard InChI is InChI=1S/C24H39N3O2/c1-17(2)14-27(15-18(3)4)23(29)12-13-26(21-10-11-21)16-22(28)25-24-19(5)8-7-9-20(24)6/h7-9,17-18,21H,10-16H2,1-6H3,(H,25,28). The van der Waals surface area contributed by atoms with Gasteiger partial charge in [0.05, 0.1) is 6.54 Å². The zero-order chi connectivity index (χ0) is 21.6. The maximum absolute atomic E-state index is 12.8. The number of carbonyl (C=O) groups is 2. The Morgan fingerprint density at radius 2 is 1.59 bits per heavy atom. The van der Waals surface area contributed by atoms with Crippen LogP contribution in [0.25, 0.3) is 0 Å². The van der Waals surface area contributed by atoms with Crippen molar-refractivity contribution in [1.29, 1.82) is 0 Å². The van der Waals surface area contributed by atoms with Crippen molar-refractivity contribution < 1.29 is 9.59 Å². The molecular weight excluding hydrogens is 362 g/mol. The van der Waals surface area contributed by atoms with E-state index in [1.165, 1.54) is 0 Å². The molecular formula is C24H39N3O2. The molecule has 1 saturated carbocycles. The van der Waals surface area contributed by atoms with Gasteiger partial charge in [0.25, 0.3) is 0 Å². The molecule has 1 aromatic rings. The van der Waals surface area contributed by atoms with Crippen LogP contribution in [0.3, 0.4) is 0 Å². The minimum atomic E-state index is 0.00275. The van der Waals surface area contributed by atoms with Crippen LogP contribution in [0.15, 0.2) is 18.2 Å². The smallest absolute Gasteiger partial charge is 0.238 e. The second-order valence-electron chi connectivity index (χ2n) is 9.35. The largest absolute Gasteiger partial charge is 0.342 e. The van der Waals surface area contributed by atoms with Gasteiger partial charge in [-0.2, -0.15) is 0 Å². The molecule has 1 aromatic carbocycles. The summed E-state index contributed by atoms with van der Waals surface area (Å²) in [4.78, 5) is 29.7. The van der Waals surface area contributed by atoms with Gasteiger partial charge in [0, 0.05) is 37.8 Å². The van der Waals surface area contributed by atoms with Gasteiger partial charge in [-0.25, -0.2) is 0 Å². The summed E-state index contributed by atoms with van der Waals surface area (Å²) in [6.07, 6.45) is 2.71. The van der Waals surface area contributed by atoms with E-state index >= 15 is 0 Å². The fourth-order valence-electron chi connectivity index (χ4n) is 3.76. The van der Waals surface area contributed by atoms with Crippen LogP contribution >= 0.6 is 0 Å². The molecule has 1 aliphatic carbocycles. The van der Waals surface area contributed by atoms with Crippen LogP contribution in [-0.4, -0.2) is 53.8 Å². The molecule has 0 aliphatic heterocycles. The van der Waals surface area contributed by atoms with E-state index in [-0.39, 0.29) is 11.8 Å². The van der Waals surface area contributed by atoms with Crippen molar-refractivity contribution in [2.45, 2.75) is 66.8 Å². The zero-order valence-electron chi connectivity index (χ0n) is 19.1. The van der Waals surface area contributed by atoms with Crippen molar-refractivity contribution in [3.05, 3.63) is 29.3 Å². The fraction of sp³-hybridized carbons (Fsp3) is 0.667. The van der Waals surface area contributed by atoms with E-state index in [0.717, 1.165) is 42.7 Å². The summed E-state index contributed by atoms with van der Waals surface area (Å²) in [5, 5.41) is 3.08. The monoisotopic (exact) mass is 401 g/mol. The Kier molecular flexibility index (Phi) is 8.69. The molecule has 0 atom stereocenters. The molecule has 0 radical (unpaired) electrons. The first-order chi connectivity index (χ1) is 13.7. The number of para-hydroxylation sites is 1. The number of amides is 2. The molecule has 162 valence electrons. The molecule has 5 nitrogen and oxygen atoms in total. The number of rotatable bonds is 11. The van der Waals surface area contributed by atoms with Crippen LogP contribution < -0.4 is 5.32 Å². The van der Waals surface area contributed by atoms with Crippen molar-refractivity contribution in [1.82, 2.24) is 9.80 Å². The molecule has 1 aliphatic rings. The van der Waals surface area contributed by atoms with Crippen LogP contribution in [-0.2, 0) is 9.59 Å². The van der Waals surface area contributed by atoms with Gasteiger partial charge in [-0.3, -0.25) is 14.5 Å². The quantitative estimate of drug-likeness (QED) is 0.603. The van der Waals surface area contributed by atoms with E-state index in [0.29, 0.717) is 37.4 Å². The van der Waals surface area contributed by atoms with Gasteiger partial charge in [0.2, 0.25) is 11.8 Å². The van der Waals surface area contributed by atoms with Gasteiger partial charge in [0.1, 0.15) is 0 Å². The van der Waals surface area contributed by atoms with Crippen molar-refractivity contribution in [2.24, 2.45) is 11.8 Å². The van der Waals surface area contributed by atoms with Crippen LogP contribution in [0.5, 0.6) is 0 Å². The number of nitrogens with one attached hydrogen (secondary N) is 1. The van der Waals surface area contributed by atoms with E-state index in [2.05, 4.69) is 37.9 Å². The minimum Gasteiger partial charge on any atom is -0.342 e. The van der Waals surface area contributed by atoms with Crippen molar-refractivity contribution in [3.8, 4) is 0 Å².